The van der Waals surface area contributed by atoms with E-state index in [-0.39, 0.29) is 22.6 Å². The first-order chi connectivity index (χ1) is 13.5. The predicted octanol–water partition coefficient (Wildman–Crippen LogP) is 3.71. The summed E-state index contributed by atoms with van der Waals surface area (Å²) in [6.07, 6.45) is -3.68. The van der Waals surface area contributed by atoms with E-state index in [1.54, 1.807) is 24.0 Å². The highest BCUT2D eigenvalue weighted by molar-refractivity contribution is 7.89. The molecule has 0 saturated carbocycles. The van der Waals surface area contributed by atoms with Crippen molar-refractivity contribution in [2.24, 2.45) is 0 Å². The lowest BCUT2D eigenvalue weighted by Crippen LogP contribution is -2.45. The molecule has 11 heteroatoms. The van der Waals surface area contributed by atoms with Gasteiger partial charge in [-0.15, -0.1) is 0 Å². The number of halogens is 4. The number of nitrogens with one attached hydrogen (secondary N) is 1. The van der Waals surface area contributed by atoms with Gasteiger partial charge >= 0.3 is 6.18 Å². The molecule has 6 nitrogen and oxygen atoms in total. The van der Waals surface area contributed by atoms with Crippen molar-refractivity contribution in [1.82, 2.24) is 14.7 Å². The van der Waals surface area contributed by atoms with Gasteiger partial charge in [-0.05, 0) is 44.4 Å². The largest absolute Gasteiger partial charge is 0.433 e. The molecule has 2 heterocycles. The lowest BCUT2D eigenvalue weighted by atomic mass is 10.1. The van der Waals surface area contributed by atoms with E-state index in [1.165, 1.54) is 13.0 Å². The van der Waals surface area contributed by atoms with E-state index in [1.807, 2.05) is 0 Å². The number of benzene rings is 1. The normalized spacial score (nSPS) is 16.3. The summed E-state index contributed by atoms with van der Waals surface area (Å²) in [5.41, 5.74) is -0.519. The number of aryl methyl sites for hydroxylation is 1. The van der Waals surface area contributed by atoms with Crippen molar-refractivity contribution in [3.05, 3.63) is 46.4 Å². The lowest BCUT2D eigenvalue weighted by molar-refractivity contribution is -0.141. The van der Waals surface area contributed by atoms with Crippen molar-refractivity contribution in [2.75, 3.05) is 18.0 Å². The highest BCUT2D eigenvalue weighted by Crippen LogP contribution is 2.30. The first kappa shape index (κ1) is 21.8. The van der Waals surface area contributed by atoms with E-state index in [9.17, 15) is 21.6 Å². The molecular formula is C18H20ClF3N4O2S. The second kappa shape index (κ2) is 8.08. The Bertz CT molecular complexity index is 1010. The molecule has 158 valence electrons. The smallest absolute Gasteiger partial charge is 0.356 e. The van der Waals surface area contributed by atoms with Gasteiger partial charge in [-0.25, -0.2) is 23.1 Å². The quantitative estimate of drug-likeness (QED) is 0.771. The third-order valence-corrected chi connectivity index (χ3v) is 6.84. The molecule has 1 fully saturated rings. The van der Waals surface area contributed by atoms with Crippen molar-refractivity contribution in [1.29, 1.82) is 0 Å². The van der Waals surface area contributed by atoms with Crippen LogP contribution in [0.25, 0.3) is 0 Å². The van der Waals surface area contributed by atoms with Gasteiger partial charge in [0.2, 0.25) is 10.0 Å². The molecule has 1 aliphatic rings. The van der Waals surface area contributed by atoms with Gasteiger partial charge in [0, 0.05) is 30.2 Å². The minimum absolute atomic E-state index is 0.0362. The summed E-state index contributed by atoms with van der Waals surface area (Å²) < 4.78 is 67.0. The third-order valence-electron chi connectivity index (χ3n) is 4.76. The van der Waals surface area contributed by atoms with Crippen LogP contribution in [0.1, 0.15) is 29.9 Å². The SMILES string of the molecule is Cc1nc(N2CCC(NS(=O)(=O)c3cccc(Cl)c3C)CC2)cc(C(F)(F)F)n1. The highest BCUT2D eigenvalue weighted by Gasteiger charge is 2.34. The van der Waals surface area contributed by atoms with Gasteiger partial charge in [0.25, 0.3) is 0 Å². The van der Waals surface area contributed by atoms with E-state index in [0.29, 0.717) is 36.5 Å². The zero-order valence-corrected chi connectivity index (χ0v) is 17.4. The summed E-state index contributed by atoms with van der Waals surface area (Å²) in [7, 11) is -3.76. The predicted molar refractivity (Wildman–Crippen MR) is 104 cm³/mol. The highest BCUT2D eigenvalue weighted by atomic mass is 35.5. The van der Waals surface area contributed by atoms with Crippen LogP contribution in [-0.2, 0) is 16.2 Å². The minimum atomic E-state index is -4.55. The Morgan fingerprint density at radius 3 is 2.45 bits per heavy atom. The zero-order chi connectivity index (χ0) is 21.4. The van der Waals surface area contributed by atoms with Gasteiger partial charge in [-0.3, -0.25) is 0 Å². The molecule has 0 radical (unpaired) electrons. The number of rotatable bonds is 4. The van der Waals surface area contributed by atoms with Crippen LogP contribution in [0, 0.1) is 13.8 Å². The third kappa shape index (κ3) is 4.99. The fourth-order valence-corrected chi connectivity index (χ4v) is 5.05. The first-order valence-corrected chi connectivity index (χ1v) is 10.8. The van der Waals surface area contributed by atoms with Crippen LogP contribution >= 0.6 is 11.6 Å². The first-order valence-electron chi connectivity index (χ1n) is 8.92. The lowest BCUT2D eigenvalue weighted by Gasteiger charge is -2.33. The summed E-state index contributed by atoms with van der Waals surface area (Å²) >= 11 is 6.02. The number of sulfonamides is 1. The van der Waals surface area contributed by atoms with Crippen LogP contribution in [0.15, 0.2) is 29.2 Å². The van der Waals surface area contributed by atoms with Gasteiger partial charge in [0.05, 0.1) is 4.90 Å². The molecule has 0 unspecified atom stereocenters. The number of piperidine rings is 1. The Labute approximate surface area is 172 Å². The van der Waals surface area contributed by atoms with Crippen molar-refractivity contribution < 1.29 is 21.6 Å². The fraction of sp³-hybridized carbons (Fsp3) is 0.444. The monoisotopic (exact) mass is 448 g/mol. The average Bonchev–Trinajstić information content (AvgIpc) is 2.63. The van der Waals surface area contributed by atoms with E-state index < -0.39 is 21.9 Å². The summed E-state index contributed by atoms with van der Waals surface area (Å²) in [5.74, 6) is 0.228. The molecule has 0 amide bonds. The van der Waals surface area contributed by atoms with Crippen LogP contribution in [0.4, 0.5) is 19.0 Å². The summed E-state index contributed by atoms with van der Waals surface area (Å²) in [4.78, 5) is 9.37. The molecular weight excluding hydrogens is 429 g/mol. The fourth-order valence-electron chi connectivity index (χ4n) is 3.25. The second-order valence-corrected chi connectivity index (χ2v) is 8.99. The molecule has 1 aromatic carbocycles. The second-order valence-electron chi connectivity index (χ2n) is 6.90. The maximum atomic E-state index is 13.0. The van der Waals surface area contributed by atoms with Crippen molar-refractivity contribution in [3.8, 4) is 0 Å². The van der Waals surface area contributed by atoms with Gasteiger partial charge in [0.15, 0.2) is 0 Å². The zero-order valence-electron chi connectivity index (χ0n) is 15.8. The van der Waals surface area contributed by atoms with E-state index in [0.717, 1.165) is 6.07 Å². The summed E-state index contributed by atoms with van der Waals surface area (Å²) in [6, 6.07) is 5.27. The van der Waals surface area contributed by atoms with Crippen LogP contribution in [-0.4, -0.2) is 37.5 Å². The maximum absolute atomic E-state index is 13.0. The van der Waals surface area contributed by atoms with Gasteiger partial charge in [-0.1, -0.05) is 17.7 Å². The van der Waals surface area contributed by atoms with E-state index in [4.69, 9.17) is 11.6 Å². The minimum Gasteiger partial charge on any atom is -0.356 e. The number of hydrogen-bond donors (Lipinski definition) is 1. The van der Waals surface area contributed by atoms with E-state index >= 15 is 0 Å². The van der Waals surface area contributed by atoms with Gasteiger partial charge < -0.3 is 4.90 Å². The molecule has 0 spiro atoms. The molecule has 2 aromatic rings. The van der Waals surface area contributed by atoms with Gasteiger partial charge in [-0.2, -0.15) is 13.2 Å². The topological polar surface area (TPSA) is 75.2 Å². The van der Waals surface area contributed by atoms with Crippen molar-refractivity contribution >= 4 is 27.4 Å². The molecule has 3 rings (SSSR count). The average molecular weight is 449 g/mol. The number of nitrogens with zero attached hydrogens (tertiary/aromatic N) is 3. The molecule has 1 aliphatic heterocycles. The Hall–Kier alpha value is -1.91. The molecule has 1 N–H and O–H groups in total. The molecule has 0 bridgehead atoms. The molecule has 1 saturated heterocycles. The van der Waals surface area contributed by atoms with Crippen molar-refractivity contribution in [2.45, 2.75) is 43.8 Å². The van der Waals surface area contributed by atoms with Crippen molar-refractivity contribution in [3.63, 3.8) is 0 Å². The number of alkyl halides is 3. The van der Waals surface area contributed by atoms with Crippen LogP contribution in [0.5, 0.6) is 0 Å². The Morgan fingerprint density at radius 1 is 1.17 bits per heavy atom. The number of anilines is 1. The van der Waals surface area contributed by atoms with Crippen LogP contribution < -0.4 is 9.62 Å². The molecule has 1 aromatic heterocycles. The number of aromatic nitrogens is 2. The van der Waals surface area contributed by atoms with Crippen LogP contribution in [0.2, 0.25) is 5.02 Å². The summed E-state index contributed by atoms with van der Waals surface area (Å²) in [5, 5.41) is 0.363. The Morgan fingerprint density at radius 2 is 1.83 bits per heavy atom. The van der Waals surface area contributed by atoms with Gasteiger partial charge in [0.1, 0.15) is 17.3 Å². The Kier molecular flexibility index (Phi) is 6.07. The Balaban J connectivity index is 1.70. The van der Waals surface area contributed by atoms with Crippen LogP contribution in [0.3, 0.4) is 0 Å². The standard InChI is InChI=1S/C18H20ClF3N4O2S/c1-11-14(19)4-3-5-15(11)29(27,28)25-13-6-8-26(9-7-13)17-10-16(18(20,21)22)23-12(2)24-17/h3-5,10,13,25H,6-9H2,1-2H3. The number of hydrogen-bond acceptors (Lipinski definition) is 5. The maximum Gasteiger partial charge on any atom is 0.433 e. The van der Waals surface area contributed by atoms with E-state index in [2.05, 4.69) is 14.7 Å². The molecule has 29 heavy (non-hydrogen) atoms. The summed E-state index contributed by atoms with van der Waals surface area (Å²) in [6.45, 7) is 3.78. The molecule has 0 atom stereocenters. The molecule has 0 aliphatic carbocycles.